The van der Waals surface area contributed by atoms with Gasteiger partial charge in [0, 0.05) is 17.7 Å². The summed E-state index contributed by atoms with van der Waals surface area (Å²) in [6.07, 6.45) is 0. The van der Waals surface area contributed by atoms with Crippen molar-refractivity contribution in [2.45, 2.75) is 6.54 Å². The van der Waals surface area contributed by atoms with Crippen molar-refractivity contribution in [3.05, 3.63) is 42.2 Å². The van der Waals surface area contributed by atoms with Crippen molar-refractivity contribution in [1.82, 2.24) is 9.55 Å². The van der Waals surface area contributed by atoms with Crippen LogP contribution < -0.4 is 9.47 Å². The Morgan fingerprint density at radius 3 is 2.39 bits per heavy atom. The van der Waals surface area contributed by atoms with Crippen LogP contribution in [0.3, 0.4) is 0 Å². The first-order chi connectivity index (χ1) is 11.2. The van der Waals surface area contributed by atoms with E-state index in [4.69, 9.17) is 14.7 Å². The lowest BCUT2D eigenvalue weighted by molar-refractivity contribution is 0.355. The van der Waals surface area contributed by atoms with Gasteiger partial charge in [0.25, 0.3) is 0 Å². The number of methoxy groups -OCH3 is 2. The summed E-state index contributed by atoms with van der Waals surface area (Å²) in [5.74, 6) is 1.40. The third-order valence-corrected chi connectivity index (χ3v) is 3.58. The zero-order valence-electron chi connectivity index (χ0n) is 12.7. The van der Waals surface area contributed by atoms with Crippen molar-refractivity contribution in [3.8, 4) is 29.0 Å². The Balaban J connectivity index is 2.27. The summed E-state index contributed by atoms with van der Waals surface area (Å²) in [4.78, 5) is 4.57. The number of aromatic nitrogens is 2. The second kappa shape index (κ2) is 5.97. The second-order valence-corrected chi connectivity index (χ2v) is 4.88. The number of halogens is 1. The van der Waals surface area contributed by atoms with E-state index in [-0.39, 0.29) is 12.4 Å². The molecule has 1 heterocycles. The van der Waals surface area contributed by atoms with Gasteiger partial charge in [0.2, 0.25) is 0 Å². The maximum Gasteiger partial charge on any atom is 0.163 e. The monoisotopic (exact) mass is 311 g/mol. The smallest absolute Gasteiger partial charge is 0.163 e. The maximum atomic E-state index is 13.1. The number of ether oxygens (including phenoxy) is 2. The Hall–Kier alpha value is -3.07. The molecule has 0 atom stereocenters. The lowest BCUT2D eigenvalue weighted by Gasteiger charge is -2.08. The Labute approximate surface area is 132 Å². The van der Waals surface area contributed by atoms with Crippen LogP contribution in [0.25, 0.3) is 22.4 Å². The first-order valence-electron chi connectivity index (χ1n) is 6.93. The van der Waals surface area contributed by atoms with Crippen molar-refractivity contribution in [2.24, 2.45) is 0 Å². The molecule has 3 rings (SSSR count). The highest BCUT2D eigenvalue weighted by Gasteiger charge is 2.16. The molecule has 0 spiro atoms. The lowest BCUT2D eigenvalue weighted by Crippen LogP contribution is -1.99. The highest BCUT2D eigenvalue weighted by atomic mass is 19.1. The van der Waals surface area contributed by atoms with Crippen LogP contribution in [0.2, 0.25) is 0 Å². The zero-order chi connectivity index (χ0) is 16.4. The summed E-state index contributed by atoms with van der Waals surface area (Å²) in [7, 11) is 3.10. The van der Waals surface area contributed by atoms with Crippen molar-refractivity contribution in [1.29, 1.82) is 5.26 Å². The molecule has 23 heavy (non-hydrogen) atoms. The molecule has 1 aromatic heterocycles. The summed E-state index contributed by atoms with van der Waals surface area (Å²) >= 11 is 0. The van der Waals surface area contributed by atoms with Gasteiger partial charge in [-0.05, 0) is 24.3 Å². The fourth-order valence-electron chi connectivity index (χ4n) is 2.50. The van der Waals surface area contributed by atoms with Crippen LogP contribution >= 0.6 is 0 Å². The number of imidazole rings is 1. The molecule has 0 N–H and O–H groups in total. The topological polar surface area (TPSA) is 60.1 Å². The van der Waals surface area contributed by atoms with E-state index in [1.54, 1.807) is 43.1 Å². The molecule has 2 aromatic carbocycles. The van der Waals surface area contributed by atoms with Gasteiger partial charge < -0.3 is 14.0 Å². The van der Waals surface area contributed by atoms with Crippen molar-refractivity contribution < 1.29 is 13.9 Å². The molecule has 0 aliphatic rings. The molecule has 6 heteroatoms. The molecule has 0 fully saturated rings. The van der Waals surface area contributed by atoms with Gasteiger partial charge in [-0.25, -0.2) is 9.37 Å². The van der Waals surface area contributed by atoms with Crippen LogP contribution in [0.15, 0.2) is 36.4 Å². The zero-order valence-corrected chi connectivity index (χ0v) is 12.7. The number of hydrogen-bond donors (Lipinski definition) is 0. The minimum absolute atomic E-state index is 0.124. The molecule has 3 aromatic rings. The van der Waals surface area contributed by atoms with Gasteiger partial charge in [-0.15, -0.1) is 0 Å². The molecule has 0 bridgehead atoms. The summed E-state index contributed by atoms with van der Waals surface area (Å²) in [5.41, 5.74) is 2.16. The van der Waals surface area contributed by atoms with E-state index in [0.29, 0.717) is 22.8 Å². The minimum atomic E-state index is -0.319. The van der Waals surface area contributed by atoms with Gasteiger partial charge in [-0.1, -0.05) is 0 Å². The Kier molecular flexibility index (Phi) is 3.85. The number of fused-ring (bicyclic) bond motifs is 1. The average Bonchev–Trinajstić information content (AvgIpc) is 2.92. The van der Waals surface area contributed by atoms with Gasteiger partial charge in [-0.2, -0.15) is 5.26 Å². The summed E-state index contributed by atoms with van der Waals surface area (Å²) in [6, 6.07) is 11.7. The highest BCUT2D eigenvalue weighted by Crippen LogP contribution is 2.34. The van der Waals surface area contributed by atoms with Gasteiger partial charge >= 0.3 is 0 Å². The molecule has 0 aliphatic heterocycles. The standard InChI is InChI=1S/C17H14FN3O2/c1-22-15-9-13-14(10-16(15)23-2)21(8-7-19)17(20-13)11-3-5-12(18)6-4-11/h3-6,9-10H,8H2,1-2H3. The summed E-state index contributed by atoms with van der Waals surface area (Å²) in [6.45, 7) is 0.124. The fourth-order valence-corrected chi connectivity index (χ4v) is 2.50. The van der Waals surface area contributed by atoms with Crippen LogP contribution in [-0.4, -0.2) is 23.8 Å². The van der Waals surface area contributed by atoms with Crippen LogP contribution in [-0.2, 0) is 6.54 Å². The summed E-state index contributed by atoms with van der Waals surface area (Å²) in [5, 5.41) is 9.13. The number of hydrogen-bond acceptors (Lipinski definition) is 4. The molecule has 0 saturated heterocycles. The predicted octanol–water partition coefficient (Wildman–Crippen LogP) is 3.38. The maximum absolute atomic E-state index is 13.1. The quantitative estimate of drug-likeness (QED) is 0.741. The second-order valence-electron chi connectivity index (χ2n) is 4.88. The third-order valence-electron chi connectivity index (χ3n) is 3.58. The Morgan fingerprint density at radius 1 is 1.13 bits per heavy atom. The largest absolute Gasteiger partial charge is 0.493 e. The van der Waals surface area contributed by atoms with Crippen LogP contribution in [0.1, 0.15) is 0 Å². The summed E-state index contributed by atoms with van der Waals surface area (Å²) < 4.78 is 25.5. The van der Waals surface area contributed by atoms with Crippen LogP contribution in [0, 0.1) is 17.1 Å². The number of nitrogens with zero attached hydrogens (tertiary/aromatic N) is 3. The van der Waals surface area contributed by atoms with E-state index in [1.165, 1.54) is 12.1 Å². The normalized spacial score (nSPS) is 10.5. The van der Waals surface area contributed by atoms with Gasteiger partial charge in [0.05, 0.1) is 31.3 Å². The van der Waals surface area contributed by atoms with Gasteiger partial charge in [-0.3, -0.25) is 0 Å². The molecule has 0 amide bonds. The first kappa shape index (κ1) is 14.9. The van der Waals surface area contributed by atoms with Gasteiger partial charge in [0.15, 0.2) is 11.5 Å². The van der Waals surface area contributed by atoms with Crippen molar-refractivity contribution in [3.63, 3.8) is 0 Å². The molecule has 116 valence electrons. The molecular weight excluding hydrogens is 297 g/mol. The molecule has 5 nitrogen and oxygen atoms in total. The molecule has 0 saturated carbocycles. The average molecular weight is 311 g/mol. The lowest BCUT2D eigenvalue weighted by atomic mass is 10.2. The molecule has 0 aliphatic carbocycles. The third kappa shape index (κ3) is 2.57. The minimum Gasteiger partial charge on any atom is -0.493 e. The van der Waals surface area contributed by atoms with E-state index in [2.05, 4.69) is 11.1 Å². The highest BCUT2D eigenvalue weighted by molar-refractivity contribution is 5.84. The number of rotatable bonds is 4. The van der Waals surface area contributed by atoms with Crippen molar-refractivity contribution >= 4 is 11.0 Å². The number of benzene rings is 2. The Morgan fingerprint density at radius 2 is 1.78 bits per heavy atom. The molecule has 0 radical (unpaired) electrons. The van der Waals surface area contributed by atoms with Gasteiger partial charge in [0.1, 0.15) is 18.2 Å². The Bertz CT molecular complexity index is 895. The van der Waals surface area contributed by atoms with E-state index in [9.17, 15) is 4.39 Å². The number of nitriles is 1. The molecular formula is C17H14FN3O2. The van der Waals surface area contributed by atoms with Crippen molar-refractivity contribution in [2.75, 3.05) is 14.2 Å². The van der Waals surface area contributed by atoms with Crippen LogP contribution in [0.4, 0.5) is 4.39 Å². The van der Waals surface area contributed by atoms with Crippen LogP contribution in [0.5, 0.6) is 11.5 Å². The SMILES string of the molecule is COc1cc2nc(-c3ccc(F)cc3)n(CC#N)c2cc1OC. The van der Waals surface area contributed by atoms with E-state index in [0.717, 1.165) is 11.1 Å². The van der Waals surface area contributed by atoms with E-state index < -0.39 is 0 Å². The fraction of sp³-hybridized carbons (Fsp3) is 0.176. The molecule has 0 unspecified atom stereocenters. The first-order valence-corrected chi connectivity index (χ1v) is 6.93. The predicted molar refractivity (Wildman–Crippen MR) is 83.8 cm³/mol. The van der Waals surface area contributed by atoms with E-state index in [1.807, 2.05) is 0 Å². The van der Waals surface area contributed by atoms with E-state index >= 15 is 0 Å².